The summed E-state index contributed by atoms with van der Waals surface area (Å²) in [5, 5.41) is 13.8. The molecule has 0 aliphatic heterocycles. The van der Waals surface area contributed by atoms with Gasteiger partial charge in [0, 0.05) is 24.4 Å². The number of nitro groups is 1. The van der Waals surface area contributed by atoms with Crippen LogP contribution in [-0.2, 0) is 16.4 Å². The van der Waals surface area contributed by atoms with Gasteiger partial charge in [-0.05, 0) is 12.1 Å². The number of aromatic nitrogens is 1. The molecule has 2 aromatic rings. The number of para-hydroxylation sites is 1. The molecule has 0 aliphatic carbocycles. The van der Waals surface area contributed by atoms with Crippen LogP contribution in [0.2, 0.25) is 0 Å². The van der Waals surface area contributed by atoms with Crippen molar-refractivity contribution in [3.8, 4) is 0 Å². The summed E-state index contributed by atoms with van der Waals surface area (Å²) >= 11 is 0. The Bertz CT molecular complexity index is 757. The quantitative estimate of drug-likeness (QED) is 0.669. The van der Waals surface area contributed by atoms with Gasteiger partial charge in [-0.1, -0.05) is 18.2 Å². The second kappa shape index (κ2) is 5.88. The van der Waals surface area contributed by atoms with Gasteiger partial charge in [0.2, 0.25) is 0 Å². The molecule has 7 nitrogen and oxygen atoms in total. The summed E-state index contributed by atoms with van der Waals surface area (Å²) in [6.07, 6.45) is 2.46. The van der Waals surface area contributed by atoms with Crippen LogP contribution < -0.4 is 5.32 Å². The van der Waals surface area contributed by atoms with Gasteiger partial charge in [0.25, 0.3) is 5.69 Å². The number of hydrogen-bond donors (Lipinski definition) is 1. The van der Waals surface area contributed by atoms with E-state index in [4.69, 9.17) is 0 Å². The molecule has 0 saturated heterocycles. The topological polar surface area (TPSA) is 102 Å². The first kappa shape index (κ1) is 14.9. The van der Waals surface area contributed by atoms with Crippen LogP contribution in [0, 0.1) is 10.1 Å². The molecule has 0 atom stereocenters. The van der Waals surface area contributed by atoms with E-state index < -0.39 is 14.8 Å². The van der Waals surface area contributed by atoms with Crippen molar-refractivity contribution in [2.75, 3.05) is 11.6 Å². The molecule has 0 unspecified atom stereocenters. The summed E-state index contributed by atoms with van der Waals surface area (Å²) in [4.78, 5) is 14.3. The van der Waals surface area contributed by atoms with Crippen molar-refractivity contribution in [3.05, 3.63) is 58.3 Å². The molecular weight excluding hydrogens is 294 g/mol. The van der Waals surface area contributed by atoms with Gasteiger partial charge in [-0.3, -0.25) is 10.1 Å². The first-order chi connectivity index (χ1) is 9.88. The first-order valence-corrected chi connectivity index (χ1v) is 7.89. The van der Waals surface area contributed by atoms with Gasteiger partial charge in [-0.2, -0.15) is 0 Å². The lowest BCUT2D eigenvalue weighted by molar-refractivity contribution is -0.385. The van der Waals surface area contributed by atoms with E-state index in [1.807, 2.05) is 0 Å². The highest BCUT2D eigenvalue weighted by molar-refractivity contribution is 7.90. The SMILES string of the molecule is CS(=O)(=O)c1ccc(NCc2ccccc2[N+](=O)[O-])cn1. The maximum atomic E-state index is 11.3. The van der Waals surface area contributed by atoms with E-state index in [-0.39, 0.29) is 17.3 Å². The molecule has 0 aliphatic rings. The fourth-order valence-electron chi connectivity index (χ4n) is 1.74. The molecule has 110 valence electrons. The van der Waals surface area contributed by atoms with Crippen molar-refractivity contribution in [2.45, 2.75) is 11.6 Å². The zero-order valence-electron chi connectivity index (χ0n) is 11.2. The van der Waals surface area contributed by atoms with Crippen molar-refractivity contribution in [1.82, 2.24) is 4.98 Å². The Labute approximate surface area is 121 Å². The van der Waals surface area contributed by atoms with Gasteiger partial charge < -0.3 is 5.32 Å². The number of rotatable bonds is 5. The van der Waals surface area contributed by atoms with Crippen molar-refractivity contribution >= 4 is 21.2 Å². The van der Waals surface area contributed by atoms with Crippen LogP contribution in [0.5, 0.6) is 0 Å². The molecule has 8 heteroatoms. The fourth-order valence-corrected chi connectivity index (χ4v) is 2.30. The summed E-state index contributed by atoms with van der Waals surface area (Å²) in [6, 6.07) is 9.36. The van der Waals surface area contributed by atoms with Crippen LogP contribution in [0.3, 0.4) is 0 Å². The number of anilines is 1. The monoisotopic (exact) mass is 307 g/mol. The minimum absolute atomic E-state index is 0.0151. The molecule has 2 rings (SSSR count). The molecule has 0 saturated carbocycles. The van der Waals surface area contributed by atoms with Gasteiger partial charge in [0.05, 0.1) is 16.8 Å². The Hall–Kier alpha value is -2.48. The van der Waals surface area contributed by atoms with E-state index in [0.717, 1.165) is 6.26 Å². The largest absolute Gasteiger partial charge is 0.379 e. The maximum absolute atomic E-state index is 11.3. The van der Waals surface area contributed by atoms with Crippen LogP contribution in [0.25, 0.3) is 0 Å². The molecular formula is C13H13N3O4S. The Morgan fingerprint density at radius 1 is 1.24 bits per heavy atom. The highest BCUT2D eigenvalue weighted by Gasteiger charge is 2.12. The normalized spacial score (nSPS) is 11.1. The smallest absolute Gasteiger partial charge is 0.274 e. The van der Waals surface area contributed by atoms with Crippen molar-refractivity contribution in [3.63, 3.8) is 0 Å². The molecule has 1 aromatic heterocycles. The van der Waals surface area contributed by atoms with Crippen molar-refractivity contribution in [1.29, 1.82) is 0 Å². The van der Waals surface area contributed by atoms with E-state index in [1.165, 1.54) is 18.3 Å². The minimum Gasteiger partial charge on any atom is -0.379 e. The zero-order valence-corrected chi connectivity index (χ0v) is 12.0. The van der Waals surface area contributed by atoms with Crippen molar-refractivity contribution < 1.29 is 13.3 Å². The number of nitrogens with zero attached hydrogens (tertiary/aromatic N) is 2. The Balaban J connectivity index is 2.12. The lowest BCUT2D eigenvalue weighted by Crippen LogP contribution is -2.04. The van der Waals surface area contributed by atoms with Crippen LogP contribution in [-0.4, -0.2) is 24.6 Å². The van der Waals surface area contributed by atoms with Crippen LogP contribution in [0.4, 0.5) is 11.4 Å². The van der Waals surface area contributed by atoms with Gasteiger partial charge in [-0.15, -0.1) is 0 Å². The third kappa shape index (κ3) is 3.76. The lowest BCUT2D eigenvalue weighted by Gasteiger charge is -2.07. The standard InChI is InChI=1S/C13H13N3O4S/c1-21(19,20)13-7-6-11(9-15-13)14-8-10-4-2-3-5-12(10)16(17)18/h2-7,9,14H,8H2,1H3. The predicted octanol–water partition coefficient (Wildman–Crippen LogP) is 2.01. The van der Waals surface area contributed by atoms with Crippen molar-refractivity contribution in [2.24, 2.45) is 0 Å². The second-order valence-corrected chi connectivity index (χ2v) is 6.36. The third-order valence-corrected chi connectivity index (χ3v) is 3.79. The van der Waals surface area contributed by atoms with Gasteiger partial charge in [0.1, 0.15) is 0 Å². The highest BCUT2D eigenvalue weighted by atomic mass is 32.2. The minimum atomic E-state index is -3.33. The van der Waals surface area contributed by atoms with E-state index in [2.05, 4.69) is 10.3 Å². The Kier molecular flexibility index (Phi) is 4.18. The van der Waals surface area contributed by atoms with E-state index in [0.29, 0.717) is 11.3 Å². The average molecular weight is 307 g/mol. The number of nitro benzene ring substituents is 1. The molecule has 0 fully saturated rings. The number of nitrogens with one attached hydrogen (secondary N) is 1. The Morgan fingerprint density at radius 3 is 2.52 bits per heavy atom. The first-order valence-electron chi connectivity index (χ1n) is 6.00. The third-order valence-electron chi connectivity index (χ3n) is 2.79. The summed E-state index contributed by atoms with van der Waals surface area (Å²) < 4.78 is 22.6. The van der Waals surface area contributed by atoms with Crippen LogP contribution in [0.15, 0.2) is 47.6 Å². The van der Waals surface area contributed by atoms with Gasteiger partial charge >= 0.3 is 0 Å². The second-order valence-electron chi connectivity index (χ2n) is 4.40. The summed E-state index contributed by atoms with van der Waals surface area (Å²) in [6.45, 7) is 0.247. The average Bonchev–Trinajstić information content (AvgIpc) is 2.45. The molecule has 1 aromatic carbocycles. The fraction of sp³-hybridized carbons (Fsp3) is 0.154. The molecule has 0 bridgehead atoms. The summed E-state index contributed by atoms with van der Waals surface area (Å²) in [7, 11) is -3.33. The van der Waals surface area contributed by atoms with E-state index >= 15 is 0 Å². The number of hydrogen-bond acceptors (Lipinski definition) is 6. The zero-order chi connectivity index (χ0) is 15.5. The van der Waals surface area contributed by atoms with Crippen LogP contribution >= 0.6 is 0 Å². The molecule has 21 heavy (non-hydrogen) atoms. The maximum Gasteiger partial charge on any atom is 0.274 e. The summed E-state index contributed by atoms with van der Waals surface area (Å²) in [5.41, 5.74) is 1.15. The Morgan fingerprint density at radius 2 is 1.95 bits per heavy atom. The van der Waals surface area contributed by atoms with Crippen LogP contribution in [0.1, 0.15) is 5.56 Å². The number of benzene rings is 1. The van der Waals surface area contributed by atoms with Gasteiger partial charge in [-0.25, -0.2) is 13.4 Å². The van der Waals surface area contributed by atoms with E-state index in [1.54, 1.807) is 24.3 Å². The molecule has 1 heterocycles. The molecule has 0 amide bonds. The van der Waals surface area contributed by atoms with Gasteiger partial charge in [0.15, 0.2) is 14.9 Å². The number of sulfone groups is 1. The predicted molar refractivity (Wildman–Crippen MR) is 77.8 cm³/mol. The molecule has 1 N–H and O–H groups in total. The lowest BCUT2D eigenvalue weighted by atomic mass is 10.2. The number of pyridine rings is 1. The molecule has 0 radical (unpaired) electrons. The highest BCUT2D eigenvalue weighted by Crippen LogP contribution is 2.19. The molecule has 0 spiro atoms. The summed E-state index contributed by atoms with van der Waals surface area (Å²) in [5.74, 6) is 0. The van der Waals surface area contributed by atoms with E-state index in [9.17, 15) is 18.5 Å².